The van der Waals surface area contributed by atoms with Gasteiger partial charge in [0.05, 0.1) is 37.4 Å². The zero-order valence-corrected chi connectivity index (χ0v) is 43.0. The maximum absolute atomic E-state index is 14.2. The van der Waals surface area contributed by atoms with Gasteiger partial charge in [0.25, 0.3) is 11.8 Å². The highest BCUT2D eigenvalue weighted by atomic mass is 35.5. The molecule has 6 amide bonds. The van der Waals surface area contributed by atoms with Gasteiger partial charge in [-0.2, -0.15) is 4.90 Å². The number of piperidine rings is 4. The first-order valence-corrected chi connectivity index (χ1v) is 24.9. The summed E-state index contributed by atoms with van der Waals surface area (Å²) in [5, 5.41) is 13.1. The number of ether oxygens (including phenoxy) is 4. The van der Waals surface area contributed by atoms with E-state index in [0.717, 1.165) is 25.9 Å². The summed E-state index contributed by atoms with van der Waals surface area (Å²) in [7, 11) is 0. The average molecular weight is 1030 g/mol. The number of nitrogens with one attached hydrogen (secondary N) is 5. The zero-order valence-electron chi connectivity index (χ0n) is 40.0. The number of hydrogen-bond acceptors (Lipinski definition) is 15. The second-order valence-electron chi connectivity index (χ2n) is 20.6. The fourth-order valence-corrected chi connectivity index (χ4v) is 11.3. The summed E-state index contributed by atoms with van der Waals surface area (Å²) < 4.78 is 24.1. The van der Waals surface area contributed by atoms with Crippen molar-refractivity contribution in [1.29, 1.82) is 0 Å². The molecule has 0 spiro atoms. The number of barbiturate groups is 1. The molecule has 5 heterocycles. The van der Waals surface area contributed by atoms with E-state index in [0.29, 0.717) is 76.1 Å². The summed E-state index contributed by atoms with van der Waals surface area (Å²) in [5.41, 5.74) is -4.89. The maximum Gasteiger partial charge on any atom is 0.421 e. The Kier molecular flexibility index (Phi) is 17.0. The van der Waals surface area contributed by atoms with Crippen molar-refractivity contribution in [2.45, 2.75) is 141 Å². The fourth-order valence-electron chi connectivity index (χ4n) is 10.3. The van der Waals surface area contributed by atoms with Gasteiger partial charge in [0, 0.05) is 36.8 Å². The van der Waals surface area contributed by atoms with Crippen molar-refractivity contribution in [3.63, 3.8) is 0 Å². The molecule has 1 aromatic rings. The van der Waals surface area contributed by atoms with Crippen LogP contribution in [0.2, 0.25) is 20.1 Å². The maximum atomic E-state index is 14.2. The normalized spacial score (nSPS) is 22.5. The number of likely N-dealkylation sites (tertiary alicyclic amines) is 1. The van der Waals surface area contributed by atoms with Crippen LogP contribution < -0.4 is 26.6 Å². The summed E-state index contributed by atoms with van der Waals surface area (Å²) in [5.74, 6) is -4.52. The van der Waals surface area contributed by atoms with Crippen molar-refractivity contribution in [3.05, 3.63) is 31.2 Å². The second-order valence-corrected chi connectivity index (χ2v) is 22.1. The van der Waals surface area contributed by atoms with Crippen LogP contribution in [0.3, 0.4) is 0 Å². The summed E-state index contributed by atoms with van der Waals surface area (Å²) in [4.78, 5) is 96.7. The van der Waals surface area contributed by atoms with Gasteiger partial charge in [0.15, 0.2) is 0 Å². The molecule has 5 aliphatic heterocycles. The first kappa shape index (κ1) is 53.9. The highest BCUT2D eigenvalue weighted by molar-refractivity contribution is 6.54. The summed E-state index contributed by atoms with van der Waals surface area (Å²) in [6.45, 7) is 18.8. The monoisotopic (exact) mass is 1030 g/mol. The number of imide groups is 3. The van der Waals surface area contributed by atoms with Crippen molar-refractivity contribution >= 4 is 88.4 Å². The van der Waals surface area contributed by atoms with E-state index in [-0.39, 0.29) is 61.1 Å². The summed E-state index contributed by atoms with van der Waals surface area (Å²) in [6.07, 6.45) is 2.69. The minimum atomic E-state index is -2.05. The number of carbonyl (C=O) groups excluding carboxylic acids is 7. The average Bonchev–Trinajstić information content (AvgIpc) is 3.27. The smallest absolute Gasteiger partial charge is 0.421 e. The molecule has 6 rings (SSSR count). The van der Waals surface area contributed by atoms with E-state index in [4.69, 9.17) is 65.4 Å². The Hall–Kier alpha value is -3.49. The molecule has 5 fully saturated rings. The Morgan fingerprint density at radius 3 is 1.32 bits per heavy atom. The van der Waals surface area contributed by atoms with Gasteiger partial charge >= 0.3 is 30.2 Å². The number of urea groups is 1. The van der Waals surface area contributed by atoms with Crippen LogP contribution in [0.5, 0.6) is 0 Å². The third-order valence-electron chi connectivity index (χ3n) is 14.7. The van der Waals surface area contributed by atoms with Gasteiger partial charge in [-0.25, -0.2) is 24.0 Å². The number of halogens is 4. The summed E-state index contributed by atoms with van der Waals surface area (Å²) >= 11 is 26.2. The van der Waals surface area contributed by atoms with Gasteiger partial charge in [-0.15, -0.1) is 0 Å². The van der Waals surface area contributed by atoms with Crippen molar-refractivity contribution < 1.29 is 52.5 Å². The molecule has 378 valence electrons. The van der Waals surface area contributed by atoms with Crippen LogP contribution in [0.15, 0.2) is 0 Å². The SMILES string of the molecule is CC(C)(OC(=O)c1c(Cl)c(Cl)c(Cl)c(Cl)c1C(=O)OC(C)(C)C1CCNC(N2CCC(C(C)(C)OC(=O)N(C(=O)OC(C)(C)C3CCNCC3)C3C(=O)NC(=O)NC3=O)CC2)C1)C1CCNCC1. The van der Waals surface area contributed by atoms with Crippen LogP contribution in [0, 0.1) is 23.7 Å². The molecular formula is C46H65Cl4N7O11. The van der Waals surface area contributed by atoms with Gasteiger partial charge < -0.3 is 34.9 Å². The minimum Gasteiger partial charge on any atom is -0.456 e. The molecule has 5 aliphatic rings. The van der Waals surface area contributed by atoms with Crippen molar-refractivity contribution in [2.24, 2.45) is 23.7 Å². The third kappa shape index (κ3) is 12.0. The number of amides is 6. The highest BCUT2D eigenvalue weighted by Crippen LogP contribution is 2.45. The van der Waals surface area contributed by atoms with E-state index in [9.17, 15) is 33.6 Å². The van der Waals surface area contributed by atoms with E-state index < -0.39 is 70.4 Å². The number of carbonyl (C=O) groups is 7. The lowest BCUT2D eigenvalue weighted by Gasteiger charge is -2.47. The Morgan fingerprint density at radius 2 is 0.897 bits per heavy atom. The molecule has 2 atom stereocenters. The fraction of sp³-hybridized carbons (Fsp3) is 0.717. The number of rotatable bonds is 12. The van der Waals surface area contributed by atoms with Gasteiger partial charge in [0.2, 0.25) is 6.04 Å². The topological polar surface area (TPSA) is 223 Å². The van der Waals surface area contributed by atoms with E-state index in [1.54, 1.807) is 41.5 Å². The molecule has 1 aromatic carbocycles. The largest absolute Gasteiger partial charge is 0.456 e. The lowest BCUT2D eigenvalue weighted by atomic mass is 9.80. The lowest BCUT2D eigenvalue weighted by Crippen LogP contribution is -2.67. The minimum absolute atomic E-state index is 0.0507. The van der Waals surface area contributed by atoms with Crippen molar-refractivity contribution in [2.75, 3.05) is 45.8 Å². The Morgan fingerprint density at radius 1 is 0.529 bits per heavy atom. The second kappa shape index (κ2) is 21.5. The number of nitrogens with zero attached hydrogens (tertiary/aromatic N) is 2. The van der Waals surface area contributed by atoms with Crippen LogP contribution >= 0.6 is 46.4 Å². The van der Waals surface area contributed by atoms with Crippen molar-refractivity contribution in [3.8, 4) is 0 Å². The molecule has 2 unspecified atom stereocenters. The summed E-state index contributed by atoms with van der Waals surface area (Å²) in [6, 6.07) is -3.14. The van der Waals surface area contributed by atoms with Gasteiger partial charge in [-0.1, -0.05) is 46.4 Å². The van der Waals surface area contributed by atoms with Crippen LogP contribution in [-0.2, 0) is 28.5 Å². The van der Waals surface area contributed by atoms with Crippen LogP contribution in [0.4, 0.5) is 14.4 Å². The highest BCUT2D eigenvalue weighted by Gasteiger charge is 2.50. The van der Waals surface area contributed by atoms with Gasteiger partial charge in [-0.3, -0.25) is 25.1 Å². The first-order chi connectivity index (χ1) is 31.8. The van der Waals surface area contributed by atoms with Gasteiger partial charge in [-0.05, 0) is 139 Å². The molecule has 22 heteroatoms. The molecular weight excluding hydrogens is 968 g/mol. The molecule has 0 radical (unpaired) electrons. The van der Waals surface area contributed by atoms with Crippen LogP contribution in [-0.4, -0.2) is 132 Å². The molecule has 0 saturated carbocycles. The van der Waals surface area contributed by atoms with Crippen LogP contribution in [0.25, 0.3) is 0 Å². The standard InChI is InChI=1S/C46H65Cl4N7O11/c1-43(2,24-9-16-51-17-10-24)65-38(60)29-30(32(48)34(50)33(49)31(29)47)39(61)66-46(7,8)27-13-20-53-28(23-27)56-21-14-26(15-22-56)45(5,6)68-42(64)57(35-36(58)54-40(62)55-37(35)59)41(63)67-44(3,4)25-11-18-52-19-12-25/h24-28,35,51-53H,9-23H2,1-8H3,(H2,54,55,58,59,62). The number of esters is 2. The Bertz CT molecular complexity index is 2120. The first-order valence-electron chi connectivity index (χ1n) is 23.4. The Balaban J connectivity index is 1.11. The van der Waals surface area contributed by atoms with Gasteiger partial charge in [0.1, 0.15) is 22.4 Å². The molecule has 5 N–H and O–H groups in total. The van der Waals surface area contributed by atoms with Crippen molar-refractivity contribution in [1.82, 2.24) is 36.4 Å². The zero-order chi connectivity index (χ0) is 50.1. The molecule has 0 aromatic heterocycles. The molecule has 68 heavy (non-hydrogen) atoms. The van der Waals surface area contributed by atoms with E-state index in [1.807, 2.05) is 24.5 Å². The molecule has 18 nitrogen and oxygen atoms in total. The van der Waals surface area contributed by atoms with E-state index in [2.05, 4.69) is 20.9 Å². The lowest BCUT2D eigenvalue weighted by molar-refractivity contribution is -0.138. The number of hydrogen-bond donors (Lipinski definition) is 5. The quantitative estimate of drug-likeness (QED) is 0.0464. The van der Waals surface area contributed by atoms with E-state index >= 15 is 0 Å². The molecule has 0 bridgehead atoms. The van der Waals surface area contributed by atoms with Crippen LogP contribution in [0.1, 0.15) is 127 Å². The van der Waals surface area contributed by atoms with E-state index in [1.165, 1.54) is 0 Å². The molecule has 5 saturated heterocycles. The predicted molar refractivity (Wildman–Crippen MR) is 254 cm³/mol. The molecule has 0 aliphatic carbocycles. The predicted octanol–water partition coefficient (Wildman–Crippen LogP) is 7.07. The number of benzene rings is 1. The Labute approximate surface area is 417 Å². The third-order valence-corrected chi connectivity index (χ3v) is 16.5.